The quantitative estimate of drug-likeness (QED) is 0.748. The number of ether oxygens (including phenoxy) is 1. The van der Waals surface area contributed by atoms with E-state index in [0.717, 1.165) is 42.8 Å². The highest BCUT2D eigenvalue weighted by Crippen LogP contribution is 2.31. The number of rotatable bonds is 6. The van der Waals surface area contributed by atoms with E-state index in [0.29, 0.717) is 6.42 Å². The molecule has 1 saturated heterocycles. The Labute approximate surface area is 154 Å². The van der Waals surface area contributed by atoms with E-state index in [1.165, 1.54) is 12.1 Å². The second kappa shape index (κ2) is 8.35. The maximum absolute atomic E-state index is 13.3. The third-order valence-corrected chi connectivity index (χ3v) is 4.76. The average Bonchev–Trinajstić information content (AvgIpc) is 3.16. The highest BCUT2D eigenvalue weighted by molar-refractivity contribution is 5.78. The van der Waals surface area contributed by atoms with E-state index in [2.05, 4.69) is 0 Å². The number of hydrogen-bond acceptors (Lipinski definition) is 2. The minimum Gasteiger partial charge on any atom is -0.491 e. The van der Waals surface area contributed by atoms with E-state index < -0.39 is 0 Å². The van der Waals surface area contributed by atoms with Crippen molar-refractivity contribution in [3.05, 3.63) is 65.5 Å². The Morgan fingerprint density at radius 3 is 2.08 bits per heavy atom. The van der Waals surface area contributed by atoms with Gasteiger partial charge in [0.2, 0.25) is 5.91 Å². The lowest BCUT2D eigenvalue weighted by atomic mass is 9.88. The number of halogens is 1. The van der Waals surface area contributed by atoms with Crippen LogP contribution in [-0.2, 0) is 4.79 Å². The summed E-state index contributed by atoms with van der Waals surface area (Å²) in [4.78, 5) is 14.6. The third-order valence-electron chi connectivity index (χ3n) is 4.76. The van der Waals surface area contributed by atoms with Gasteiger partial charge in [-0.1, -0.05) is 24.3 Å². The molecule has 0 bridgehead atoms. The molecule has 0 aliphatic carbocycles. The Morgan fingerprint density at radius 2 is 1.54 bits per heavy atom. The van der Waals surface area contributed by atoms with Crippen molar-refractivity contribution in [1.82, 2.24) is 4.90 Å². The van der Waals surface area contributed by atoms with Crippen molar-refractivity contribution >= 4 is 5.91 Å². The summed E-state index contributed by atoms with van der Waals surface area (Å²) in [7, 11) is 0. The molecule has 3 rings (SSSR count). The molecule has 1 fully saturated rings. The zero-order chi connectivity index (χ0) is 18.5. The van der Waals surface area contributed by atoms with Crippen molar-refractivity contribution < 1.29 is 13.9 Å². The topological polar surface area (TPSA) is 29.5 Å². The number of nitrogens with zero attached hydrogens (tertiary/aromatic N) is 1. The highest BCUT2D eigenvalue weighted by atomic mass is 19.1. The van der Waals surface area contributed by atoms with Gasteiger partial charge in [0.1, 0.15) is 11.6 Å². The molecule has 0 unspecified atom stereocenters. The van der Waals surface area contributed by atoms with Crippen molar-refractivity contribution in [2.75, 3.05) is 13.1 Å². The smallest absolute Gasteiger partial charge is 0.223 e. The summed E-state index contributed by atoms with van der Waals surface area (Å²) in [5.41, 5.74) is 2.00. The minimum absolute atomic E-state index is 0.0863. The van der Waals surface area contributed by atoms with Crippen LogP contribution in [0.25, 0.3) is 0 Å². The number of carbonyl (C=O) groups excluding carboxylic acids is 1. The van der Waals surface area contributed by atoms with E-state index in [4.69, 9.17) is 4.74 Å². The fourth-order valence-electron chi connectivity index (χ4n) is 3.44. The zero-order valence-electron chi connectivity index (χ0n) is 15.5. The minimum atomic E-state index is -0.265. The van der Waals surface area contributed by atoms with Crippen molar-refractivity contribution in [2.45, 2.75) is 45.1 Å². The van der Waals surface area contributed by atoms with E-state index in [1.807, 2.05) is 43.0 Å². The Bertz CT molecular complexity index is 719. The van der Waals surface area contributed by atoms with Gasteiger partial charge in [-0.15, -0.1) is 0 Å². The van der Waals surface area contributed by atoms with Crippen LogP contribution in [0.1, 0.15) is 50.2 Å². The van der Waals surface area contributed by atoms with Gasteiger partial charge in [0.25, 0.3) is 0 Å². The number of benzene rings is 2. The van der Waals surface area contributed by atoms with E-state index >= 15 is 0 Å². The fraction of sp³-hybridized carbons (Fsp3) is 0.409. The molecule has 0 saturated carbocycles. The summed E-state index contributed by atoms with van der Waals surface area (Å²) >= 11 is 0. The normalized spacial score (nSPS) is 15.3. The van der Waals surface area contributed by atoms with Crippen LogP contribution in [0.3, 0.4) is 0 Å². The van der Waals surface area contributed by atoms with Gasteiger partial charge in [0.15, 0.2) is 0 Å². The van der Waals surface area contributed by atoms with Gasteiger partial charge < -0.3 is 9.64 Å². The van der Waals surface area contributed by atoms with Crippen LogP contribution in [0, 0.1) is 5.82 Å². The molecule has 0 radical (unpaired) electrons. The van der Waals surface area contributed by atoms with Crippen molar-refractivity contribution in [3.63, 3.8) is 0 Å². The molecule has 0 aromatic heterocycles. The highest BCUT2D eigenvalue weighted by Gasteiger charge is 2.24. The Hall–Kier alpha value is -2.36. The molecule has 0 N–H and O–H groups in total. The predicted molar refractivity (Wildman–Crippen MR) is 101 cm³/mol. The van der Waals surface area contributed by atoms with Gasteiger partial charge in [0, 0.05) is 25.4 Å². The molecule has 2 aromatic rings. The maximum Gasteiger partial charge on any atom is 0.223 e. The van der Waals surface area contributed by atoms with Gasteiger partial charge in [0.05, 0.1) is 6.10 Å². The molecule has 1 aliphatic heterocycles. The zero-order valence-corrected chi connectivity index (χ0v) is 15.5. The van der Waals surface area contributed by atoms with Crippen LogP contribution in [0.4, 0.5) is 4.39 Å². The lowest BCUT2D eigenvalue weighted by molar-refractivity contribution is -0.130. The average molecular weight is 355 g/mol. The standard InChI is InChI=1S/C22H26FNO2/c1-16(2)26-20-11-7-18(8-12-20)21(17-5-9-19(23)10-6-17)15-22(25)24-13-3-4-14-24/h5-12,16,21H,3-4,13-15H2,1-2H3/t21-/m0/s1. The lowest BCUT2D eigenvalue weighted by Crippen LogP contribution is -2.29. The second-order valence-corrected chi connectivity index (χ2v) is 7.13. The van der Waals surface area contributed by atoms with Crippen LogP contribution in [0.5, 0.6) is 5.75 Å². The Morgan fingerprint density at radius 1 is 1.00 bits per heavy atom. The molecule has 26 heavy (non-hydrogen) atoms. The summed E-state index contributed by atoms with van der Waals surface area (Å²) in [5.74, 6) is 0.627. The van der Waals surface area contributed by atoms with Gasteiger partial charge in [-0.3, -0.25) is 4.79 Å². The van der Waals surface area contributed by atoms with Crippen molar-refractivity contribution in [1.29, 1.82) is 0 Å². The van der Waals surface area contributed by atoms with Gasteiger partial charge in [-0.05, 0) is 62.1 Å². The maximum atomic E-state index is 13.3. The predicted octanol–water partition coefficient (Wildman–Crippen LogP) is 4.76. The summed E-state index contributed by atoms with van der Waals surface area (Å²) in [6, 6.07) is 14.3. The van der Waals surface area contributed by atoms with E-state index in [1.54, 1.807) is 12.1 Å². The number of amides is 1. The second-order valence-electron chi connectivity index (χ2n) is 7.13. The summed E-state index contributed by atoms with van der Waals surface area (Å²) < 4.78 is 19.1. The third kappa shape index (κ3) is 4.63. The molecule has 1 atom stereocenters. The van der Waals surface area contributed by atoms with Crippen molar-refractivity contribution in [3.8, 4) is 5.75 Å². The van der Waals surface area contributed by atoms with Crippen LogP contribution < -0.4 is 4.74 Å². The SMILES string of the molecule is CC(C)Oc1ccc([C@@H](CC(=O)N2CCCC2)c2ccc(F)cc2)cc1. The molecule has 1 heterocycles. The van der Waals surface area contributed by atoms with Crippen LogP contribution >= 0.6 is 0 Å². The summed E-state index contributed by atoms with van der Waals surface area (Å²) in [5, 5.41) is 0. The first-order valence-corrected chi connectivity index (χ1v) is 9.33. The van der Waals surface area contributed by atoms with Gasteiger partial charge in [-0.25, -0.2) is 4.39 Å². The molecule has 1 aliphatic rings. The monoisotopic (exact) mass is 355 g/mol. The van der Waals surface area contributed by atoms with Crippen molar-refractivity contribution in [2.24, 2.45) is 0 Å². The Balaban J connectivity index is 1.84. The molecule has 3 nitrogen and oxygen atoms in total. The largest absolute Gasteiger partial charge is 0.491 e. The lowest BCUT2D eigenvalue weighted by Gasteiger charge is -2.22. The first kappa shape index (κ1) is 18.4. The van der Waals surface area contributed by atoms with Crippen LogP contribution in [0.15, 0.2) is 48.5 Å². The Kier molecular flexibility index (Phi) is 5.92. The van der Waals surface area contributed by atoms with E-state index in [9.17, 15) is 9.18 Å². The summed E-state index contributed by atoms with van der Waals surface area (Å²) in [6.45, 7) is 5.67. The summed E-state index contributed by atoms with van der Waals surface area (Å²) in [6.07, 6.45) is 2.67. The van der Waals surface area contributed by atoms with Gasteiger partial charge in [-0.2, -0.15) is 0 Å². The molecule has 2 aromatic carbocycles. The first-order chi connectivity index (χ1) is 12.5. The van der Waals surface area contributed by atoms with E-state index in [-0.39, 0.29) is 23.7 Å². The van der Waals surface area contributed by atoms with Crippen LogP contribution in [-0.4, -0.2) is 30.0 Å². The molecular weight excluding hydrogens is 329 g/mol. The van der Waals surface area contributed by atoms with Gasteiger partial charge >= 0.3 is 0 Å². The fourth-order valence-corrected chi connectivity index (χ4v) is 3.44. The molecule has 4 heteroatoms. The number of carbonyl (C=O) groups is 1. The van der Waals surface area contributed by atoms with Crippen LogP contribution in [0.2, 0.25) is 0 Å². The molecule has 1 amide bonds. The molecular formula is C22H26FNO2. The molecule has 0 spiro atoms. The molecule has 138 valence electrons. The first-order valence-electron chi connectivity index (χ1n) is 9.33. The number of likely N-dealkylation sites (tertiary alicyclic amines) is 1. The number of hydrogen-bond donors (Lipinski definition) is 0.